The fourth-order valence-electron chi connectivity index (χ4n) is 1.78. The minimum atomic E-state index is 1.11. The molecule has 12 heavy (non-hydrogen) atoms. The van der Waals surface area contributed by atoms with E-state index in [0.29, 0.717) is 0 Å². The molecule has 0 N–H and O–H groups in total. The average molecular weight is 172 g/mol. The molecule has 0 radical (unpaired) electrons. The summed E-state index contributed by atoms with van der Waals surface area (Å²) >= 11 is 1.85. The molecule has 0 unspecified atom stereocenters. The Labute approximate surface area is 74.9 Å². The second-order valence-corrected chi connectivity index (χ2v) is 4.00. The van der Waals surface area contributed by atoms with Crippen molar-refractivity contribution in [2.24, 2.45) is 0 Å². The molecule has 0 nitrogen and oxygen atoms in total. The minimum Gasteiger partial charge on any atom is -0.143 e. The lowest BCUT2D eigenvalue weighted by Gasteiger charge is -2.04. The van der Waals surface area contributed by atoms with Gasteiger partial charge in [0.25, 0.3) is 0 Å². The van der Waals surface area contributed by atoms with Gasteiger partial charge in [0.15, 0.2) is 0 Å². The maximum atomic E-state index is 2.28. The van der Waals surface area contributed by atoms with Crippen molar-refractivity contribution < 1.29 is 0 Å². The largest absolute Gasteiger partial charge is 0.143 e. The van der Waals surface area contributed by atoms with Crippen molar-refractivity contribution in [3.05, 3.63) is 45.0 Å². The van der Waals surface area contributed by atoms with Gasteiger partial charge in [0, 0.05) is 4.53 Å². The second kappa shape index (κ2) is 2.20. The predicted octanol–water partition coefficient (Wildman–Crippen LogP) is 1.58. The van der Waals surface area contributed by atoms with Gasteiger partial charge in [0.2, 0.25) is 0 Å². The quantitative estimate of drug-likeness (QED) is 0.557. The van der Waals surface area contributed by atoms with E-state index in [1.54, 1.807) is 0 Å². The van der Waals surface area contributed by atoms with Gasteiger partial charge < -0.3 is 0 Å². The number of hydrogen-bond acceptors (Lipinski definition) is 1. The Kier molecular flexibility index (Phi) is 1.18. The molecule has 0 fully saturated rings. The molecule has 0 atom stereocenters. The number of allylic oxidation sites excluding steroid dienone is 4. The van der Waals surface area contributed by atoms with E-state index in [-0.39, 0.29) is 0 Å². The van der Waals surface area contributed by atoms with Gasteiger partial charge in [-0.05, 0) is 40.3 Å². The van der Waals surface area contributed by atoms with Gasteiger partial charge in [-0.1, -0.05) is 18.2 Å². The molecule has 0 saturated carbocycles. The molecule has 0 aromatic carbocycles. The van der Waals surface area contributed by atoms with Crippen LogP contribution in [0, 0.1) is 0 Å². The van der Waals surface area contributed by atoms with E-state index in [2.05, 4.69) is 35.8 Å². The fraction of sp³-hybridized carbons (Fsp3) is 0.0909. The van der Waals surface area contributed by atoms with Crippen molar-refractivity contribution >= 4 is 23.0 Å². The highest BCUT2D eigenvalue weighted by atomic mass is 32.1. The van der Waals surface area contributed by atoms with Gasteiger partial charge >= 0.3 is 0 Å². The normalized spacial score (nSPS) is 18.3. The van der Waals surface area contributed by atoms with Crippen molar-refractivity contribution in [2.75, 3.05) is 0 Å². The Morgan fingerprint density at radius 2 is 2.33 bits per heavy atom. The van der Waals surface area contributed by atoms with E-state index < -0.39 is 0 Å². The molecule has 1 heteroatoms. The van der Waals surface area contributed by atoms with Crippen LogP contribution in [0.5, 0.6) is 0 Å². The third kappa shape index (κ3) is 0.718. The summed E-state index contributed by atoms with van der Waals surface area (Å²) in [5, 5.41) is 3.58. The van der Waals surface area contributed by atoms with Gasteiger partial charge in [-0.3, -0.25) is 0 Å². The molecule has 58 valence electrons. The highest BCUT2D eigenvalue weighted by Gasteiger charge is 2.11. The minimum absolute atomic E-state index is 1.11. The second-order valence-electron chi connectivity index (χ2n) is 3.08. The van der Waals surface area contributed by atoms with Crippen LogP contribution in [0.25, 0.3) is 11.6 Å². The maximum Gasteiger partial charge on any atom is 0.0384 e. The number of fused-ring (bicyclic) bond motifs is 2. The lowest BCUT2D eigenvalue weighted by molar-refractivity contribution is 1.38. The Bertz CT molecular complexity index is 497. The first-order valence-electron chi connectivity index (χ1n) is 4.11. The molecule has 0 amide bonds. The number of hydrogen-bond donors (Lipinski definition) is 0. The molecule has 1 heterocycles. The number of rotatable bonds is 0. The van der Waals surface area contributed by atoms with Crippen LogP contribution >= 0.6 is 11.3 Å². The van der Waals surface area contributed by atoms with Gasteiger partial charge in [0.1, 0.15) is 0 Å². The Morgan fingerprint density at radius 3 is 3.33 bits per heavy atom. The highest BCUT2D eigenvalue weighted by molar-refractivity contribution is 7.07. The molecular formula is C11H8S. The predicted molar refractivity (Wildman–Crippen MR) is 53.3 cm³/mol. The molecule has 1 aromatic rings. The monoisotopic (exact) mass is 172 g/mol. The van der Waals surface area contributed by atoms with Gasteiger partial charge in [-0.25, -0.2) is 0 Å². The van der Waals surface area contributed by atoms with Gasteiger partial charge in [-0.15, -0.1) is 11.3 Å². The van der Waals surface area contributed by atoms with Gasteiger partial charge in [0.05, 0.1) is 0 Å². The van der Waals surface area contributed by atoms with E-state index in [9.17, 15) is 0 Å². The van der Waals surface area contributed by atoms with E-state index in [1.807, 2.05) is 11.3 Å². The zero-order chi connectivity index (χ0) is 7.97. The molecule has 2 aliphatic rings. The highest BCUT2D eigenvalue weighted by Crippen LogP contribution is 2.23. The summed E-state index contributed by atoms with van der Waals surface area (Å²) in [7, 11) is 0. The van der Waals surface area contributed by atoms with Crippen molar-refractivity contribution in [1.29, 1.82) is 0 Å². The Morgan fingerprint density at radius 1 is 1.33 bits per heavy atom. The van der Waals surface area contributed by atoms with Crippen molar-refractivity contribution in [1.82, 2.24) is 0 Å². The fourth-order valence-corrected chi connectivity index (χ4v) is 2.74. The molecule has 3 rings (SSSR count). The topological polar surface area (TPSA) is 0 Å². The molecule has 0 saturated heterocycles. The smallest absolute Gasteiger partial charge is 0.0384 e. The van der Waals surface area contributed by atoms with Crippen molar-refractivity contribution in [2.45, 2.75) is 6.42 Å². The van der Waals surface area contributed by atoms with Crippen molar-refractivity contribution in [3.63, 3.8) is 0 Å². The molecule has 0 bridgehead atoms. The van der Waals surface area contributed by atoms with Crippen LogP contribution in [0.3, 0.4) is 0 Å². The first-order valence-corrected chi connectivity index (χ1v) is 4.99. The van der Waals surface area contributed by atoms with E-state index in [1.165, 1.54) is 20.9 Å². The average Bonchev–Trinajstić information content (AvgIpc) is 2.62. The molecular weight excluding hydrogens is 164 g/mol. The third-order valence-corrected chi connectivity index (χ3v) is 3.35. The third-order valence-electron chi connectivity index (χ3n) is 2.36. The summed E-state index contributed by atoms with van der Waals surface area (Å²) in [6.45, 7) is 0. The van der Waals surface area contributed by atoms with Crippen LogP contribution in [0.4, 0.5) is 0 Å². The summed E-state index contributed by atoms with van der Waals surface area (Å²) in [5.41, 5.74) is 2.93. The number of thiophene rings is 1. The first-order chi connectivity index (χ1) is 5.95. The zero-order valence-electron chi connectivity index (χ0n) is 6.58. The maximum absolute atomic E-state index is 2.28. The summed E-state index contributed by atoms with van der Waals surface area (Å²) < 4.78 is 1.48. The SMILES string of the molecule is C1=CCC2=c3sccc3=CC2=C1. The van der Waals surface area contributed by atoms with E-state index in [0.717, 1.165) is 6.42 Å². The lowest BCUT2D eigenvalue weighted by atomic mass is 10.0. The summed E-state index contributed by atoms with van der Waals surface area (Å²) in [4.78, 5) is 0. The van der Waals surface area contributed by atoms with E-state index >= 15 is 0 Å². The molecule has 0 spiro atoms. The van der Waals surface area contributed by atoms with E-state index in [4.69, 9.17) is 0 Å². The zero-order valence-corrected chi connectivity index (χ0v) is 7.40. The molecule has 1 aromatic heterocycles. The van der Waals surface area contributed by atoms with Crippen LogP contribution in [-0.2, 0) is 0 Å². The first kappa shape index (κ1) is 6.44. The Hall–Kier alpha value is -1.08. The summed E-state index contributed by atoms with van der Waals surface area (Å²) in [6, 6.07) is 2.20. The summed E-state index contributed by atoms with van der Waals surface area (Å²) in [5.74, 6) is 0. The van der Waals surface area contributed by atoms with Crippen LogP contribution in [-0.4, -0.2) is 0 Å². The molecule has 0 aliphatic heterocycles. The van der Waals surface area contributed by atoms with Crippen LogP contribution in [0.15, 0.2) is 35.2 Å². The van der Waals surface area contributed by atoms with Gasteiger partial charge in [-0.2, -0.15) is 0 Å². The van der Waals surface area contributed by atoms with Crippen LogP contribution in [0.1, 0.15) is 6.42 Å². The standard InChI is InChI=1S/C11H8S/c1-2-4-10-8(3-1)7-9-5-6-12-11(9)10/h1-3,5-7H,4H2. The molecule has 2 aliphatic carbocycles. The van der Waals surface area contributed by atoms with Crippen molar-refractivity contribution in [3.8, 4) is 0 Å². The van der Waals surface area contributed by atoms with Crippen LogP contribution < -0.4 is 9.75 Å². The summed E-state index contributed by atoms with van der Waals surface area (Å²) in [6.07, 6.45) is 9.96. The Balaban J connectivity index is 2.47. The lowest BCUT2D eigenvalue weighted by Crippen LogP contribution is -2.14. The van der Waals surface area contributed by atoms with Crippen LogP contribution in [0.2, 0.25) is 0 Å².